The molecule has 0 spiro atoms. The summed E-state index contributed by atoms with van der Waals surface area (Å²) >= 11 is 0. The number of nitro benzene ring substituents is 1. The van der Waals surface area contributed by atoms with Gasteiger partial charge in [0.1, 0.15) is 11.3 Å². The number of nitro groups is 1. The van der Waals surface area contributed by atoms with Crippen LogP contribution in [-0.4, -0.2) is 48.1 Å². The molecule has 1 rings (SSSR count). The van der Waals surface area contributed by atoms with Crippen LogP contribution in [0.4, 0.5) is 5.69 Å². The van der Waals surface area contributed by atoms with E-state index in [2.05, 4.69) is 0 Å². The molecular weight excluding hydrogens is 252 g/mol. The fourth-order valence-corrected chi connectivity index (χ4v) is 1.49. The van der Waals surface area contributed by atoms with Crippen LogP contribution in [0.15, 0.2) is 18.2 Å². The average molecular weight is 268 g/mol. The van der Waals surface area contributed by atoms with Crippen LogP contribution in [0.1, 0.15) is 16.8 Å². The van der Waals surface area contributed by atoms with Crippen LogP contribution in [-0.2, 0) is 0 Å². The number of carbonyl (C=O) groups is 1. The maximum Gasteiger partial charge on any atom is 0.339 e. The molecule has 1 aromatic carbocycles. The van der Waals surface area contributed by atoms with Gasteiger partial charge >= 0.3 is 5.97 Å². The molecule has 104 valence electrons. The Morgan fingerprint density at radius 3 is 2.68 bits per heavy atom. The number of carboxylic acid groups (broad SMARTS) is 1. The third-order valence-electron chi connectivity index (χ3n) is 2.41. The van der Waals surface area contributed by atoms with Gasteiger partial charge in [0.15, 0.2) is 0 Å². The highest BCUT2D eigenvalue weighted by Gasteiger charge is 2.16. The third-order valence-corrected chi connectivity index (χ3v) is 2.41. The summed E-state index contributed by atoms with van der Waals surface area (Å²) in [5.41, 5.74) is -0.461. The maximum atomic E-state index is 11.0. The van der Waals surface area contributed by atoms with Crippen molar-refractivity contribution < 1.29 is 19.6 Å². The van der Waals surface area contributed by atoms with E-state index >= 15 is 0 Å². The van der Waals surface area contributed by atoms with Crippen molar-refractivity contribution in [1.82, 2.24) is 4.90 Å². The van der Waals surface area contributed by atoms with Crippen molar-refractivity contribution in [2.45, 2.75) is 6.42 Å². The Bertz CT molecular complexity index is 473. The Hall–Kier alpha value is -2.15. The summed E-state index contributed by atoms with van der Waals surface area (Å²) in [6.45, 7) is 1.17. The number of hydrogen-bond acceptors (Lipinski definition) is 5. The molecule has 0 saturated carbocycles. The molecule has 19 heavy (non-hydrogen) atoms. The van der Waals surface area contributed by atoms with E-state index in [-0.39, 0.29) is 17.0 Å². The topological polar surface area (TPSA) is 92.9 Å². The first-order valence-electron chi connectivity index (χ1n) is 5.71. The smallest absolute Gasteiger partial charge is 0.339 e. The second kappa shape index (κ2) is 6.69. The average Bonchev–Trinajstić information content (AvgIpc) is 2.34. The van der Waals surface area contributed by atoms with Crippen LogP contribution in [0.2, 0.25) is 0 Å². The molecule has 0 fully saturated rings. The molecular formula is C12H16N2O5. The first-order valence-corrected chi connectivity index (χ1v) is 5.71. The number of aromatic carboxylic acids is 1. The fourth-order valence-electron chi connectivity index (χ4n) is 1.49. The molecule has 1 aromatic rings. The molecule has 0 atom stereocenters. The summed E-state index contributed by atoms with van der Waals surface area (Å²) in [7, 11) is 3.85. The zero-order valence-electron chi connectivity index (χ0n) is 10.8. The maximum absolute atomic E-state index is 11.0. The molecule has 0 amide bonds. The molecule has 1 N–H and O–H groups in total. The standard InChI is InChI=1S/C12H16N2O5/c1-13(2)6-3-7-19-11-5-4-9(14(17)18)8-10(11)12(15)16/h4-5,8H,3,6-7H2,1-2H3,(H,15,16). The summed E-state index contributed by atoms with van der Waals surface area (Å²) in [5.74, 6) is -1.09. The lowest BCUT2D eigenvalue weighted by Gasteiger charge is -2.11. The minimum atomic E-state index is -1.24. The summed E-state index contributed by atoms with van der Waals surface area (Å²) in [6, 6.07) is 3.55. The van der Waals surface area contributed by atoms with Crippen molar-refractivity contribution in [3.8, 4) is 5.75 Å². The van der Waals surface area contributed by atoms with Crippen molar-refractivity contribution in [3.63, 3.8) is 0 Å². The largest absolute Gasteiger partial charge is 0.493 e. The van der Waals surface area contributed by atoms with E-state index in [0.29, 0.717) is 6.61 Å². The Morgan fingerprint density at radius 1 is 1.47 bits per heavy atom. The van der Waals surface area contributed by atoms with Crippen LogP contribution in [0.3, 0.4) is 0 Å². The number of non-ortho nitro benzene ring substituents is 1. The Morgan fingerprint density at radius 2 is 2.16 bits per heavy atom. The molecule has 0 aromatic heterocycles. The van der Waals surface area contributed by atoms with Crippen LogP contribution in [0.25, 0.3) is 0 Å². The van der Waals surface area contributed by atoms with Gasteiger partial charge in [0.05, 0.1) is 11.5 Å². The third kappa shape index (κ3) is 4.55. The van der Waals surface area contributed by atoms with Crippen molar-refractivity contribution in [2.75, 3.05) is 27.2 Å². The van der Waals surface area contributed by atoms with E-state index in [0.717, 1.165) is 19.0 Å². The highest BCUT2D eigenvalue weighted by molar-refractivity contribution is 5.91. The zero-order chi connectivity index (χ0) is 14.4. The number of benzene rings is 1. The van der Waals surface area contributed by atoms with Gasteiger partial charge in [0, 0.05) is 18.7 Å². The minimum Gasteiger partial charge on any atom is -0.493 e. The van der Waals surface area contributed by atoms with E-state index in [1.54, 1.807) is 0 Å². The summed E-state index contributed by atoms with van der Waals surface area (Å²) in [4.78, 5) is 23.0. The van der Waals surface area contributed by atoms with Crippen LogP contribution < -0.4 is 4.74 Å². The monoisotopic (exact) mass is 268 g/mol. The van der Waals surface area contributed by atoms with E-state index in [1.165, 1.54) is 12.1 Å². The lowest BCUT2D eigenvalue weighted by molar-refractivity contribution is -0.384. The van der Waals surface area contributed by atoms with Gasteiger partial charge in [-0.15, -0.1) is 0 Å². The van der Waals surface area contributed by atoms with Gasteiger partial charge in [-0.05, 0) is 26.6 Å². The normalized spacial score (nSPS) is 10.5. The summed E-state index contributed by atoms with van der Waals surface area (Å²) in [5, 5.41) is 19.6. The number of nitrogens with zero attached hydrogens (tertiary/aromatic N) is 2. The first kappa shape index (κ1) is 14.9. The fraction of sp³-hybridized carbons (Fsp3) is 0.417. The molecule has 0 aliphatic heterocycles. The van der Waals surface area contributed by atoms with E-state index in [1.807, 2.05) is 19.0 Å². The molecule has 0 aliphatic carbocycles. The molecule has 7 nitrogen and oxygen atoms in total. The van der Waals surface area contributed by atoms with E-state index in [4.69, 9.17) is 9.84 Å². The second-order valence-electron chi connectivity index (χ2n) is 4.25. The summed E-state index contributed by atoms with van der Waals surface area (Å²) in [6.07, 6.45) is 0.739. The van der Waals surface area contributed by atoms with Gasteiger partial charge in [0.2, 0.25) is 0 Å². The first-order chi connectivity index (χ1) is 8.91. The highest BCUT2D eigenvalue weighted by Crippen LogP contribution is 2.24. The Balaban J connectivity index is 2.77. The van der Waals surface area contributed by atoms with E-state index < -0.39 is 10.9 Å². The minimum absolute atomic E-state index is 0.150. The van der Waals surface area contributed by atoms with Crippen molar-refractivity contribution >= 4 is 11.7 Å². The molecule has 0 bridgehead atoms. The molecule has 0 radical (unpaired) electrons. The van der Waals surface area contributed by atoms with Crippen molar-refractivity contribution in [1.29, 1.82) is 0 Å². The van der Waals surface area contributed by atoms with Gasteiger partial charge in [0.25, 0.3) is 5.69 Å². The molecule has 0 heterocycles. The van der Waals surface area contributed by atoms with Crippen LogP contribution >= 0.6 is 0 Å². The zero-order valence-corrected chi connectivity index (χ0v) is 10.8. The predicted octanol–water partition coefficient (Wildman–Crippen LogP) is 1.62. The quantitative estimate of drug-likeness (QED) is 0.459. The van der Waals surface area contributed by atoms with Gasteiger partial charge in [-0.2, -0.15) is 0 Å². The van der Waals surface area contributed by atoms with Crippen molar-refractivity contribution in [2.24, 2.45) is 0 Å². The Labute approximate surface area is 110 Å². The van der Waals surface area contributed by atoms with Crippen molar-refractivity contribution in [3.05, 3.63) is 33.9 Å². The van der Waals surface area contributed by atoms with Gasteiger partial charge in [-0.3, -0.25) is 10.1 Å². The number of ether oxygens (including phenoxy) is 1. The van der Waals surface area contributed by atoms with Gasteiger partial charge < -0.3 is 14.7 Å². The molecule has 0 aliphatic rings. The molecule has 7 heteroatoms. The van der Waals surface area contributed by atoms with Gasteiger partial charge in [-0.25, -0.2) is 4.79 Å². The Kier molecular flexibility index (Phi) is 5.25. The second-order valence-corrected chi connectivity index (χ2v) is 4.25. The lowest BCUT2D eigenvalue weighted by Crippen LogP contribution is -2.16. The van der Waals surface area contributed by atoms with Crippen LogP contribution in [0, 0.1) is 10.1 Å². The number of carboxylic acids is 1. The summed E-state index contributed by atoms with van der Waals surface area (Å²) < 4.78 is 5.35. The van der Waals surface area contributed by atoms with Gasteiger partial charge in [-0.1, -0.05) is 0 Å². The highest BCUT2D eigenvalue weighted by atomic mass is 16.6. The molecule has 0 saturated heterocycles. The number of hydrogen-bond donors (Lipinski definition) is 1. The lowest BCUT2D eigenvalue weighted by atomic mass is 10.2. The van der Waals surface area contributed by atoms with E-state index in [9.17, 15) is 14.9 Å². The SMILES string of the molecule is CN(C)CCCOc1ccc([N+](=O)[O-])cc1C(=O)O. The molecule has 0 unspecified atom stereocenters. The predicted molar refractivity (Wildman–Crippen MR) is 68.7 cm³/mol. The van der Waals surface area contributed by atoms with Crippen LogP contribution in [0.5, 0.6) is 5.75 Å². The number of rotatable bonds is 7.